The molecule has 0 aromatic rings. The van der Waals surface area contributed by atoms with Gasteiger partial charge in [-0.3, -0.25) is 14.7 Å². The Morgan fingerprint density at radius 3 is 1.71 bits per heavy atom. The molecule has 0 amide bonds. The van der Waals surface area contributed by atoms with Crippen LogP contribution in [-0.4, -0.2) is 77.0 Å². The van der Waals surface area contributed by atoms with E-state index in [0.717, 1.165) is 32.5 Å². The maximum absolute atomic E-state index is 14.8. The van der Waals surface area contributed by atoms with Crippen LogP contribution < -0.4 is 0 Å². The van der Waals surface area contributed by atoms with Gasteiger partial charge >= 0.3 is 0 Å². The number of rotatable bonds is 2. The van der Waals surface area contributed by atoms with Crippen molar-refractivity contribution in [3.05, 3.63) is 0 Å². The molecule has 0 N–H and O–H groups in total. The van der Waals surface area contributed by atoms with Gasteiger partial charge in [0.1, 0.15) is 0 Å². The van der Waals surface area contributed by atoms with E-state index in [1.807, 2.05) is 37.6 Å². The maximum Gasteiger partial charge on any atom is 0.275 e. The summed E-state index contributed by atoms with van der Waals surface area (Å²) in [5.41, 5.74) is -0.0173. The standard InChI is InChI=1S/C19H37F2N3/c1-17(2,3)23-11-8-15(9-12-23)22(7)16-10-13-24(18(4,5)6)14-19(16,20)21/h15-16H,8-14H2,1-7H3. The average molecular weight is 346 g/mol. The normalized spacial score (nSPS) is 28.5. The Morgan fingerprint density at radius 2 is 1.29 bits per heavy atom. The fraction of sp³-hybridized carbons (Fsp3) is 1.00. The van der Waals surface area contributed by atoms with Crippen LogP contribution in [0.5, 0.6) is 0 Å². The summed E-state index contributed by atoms with van der Waals surface area (Å²) in [7, 11) is 1.92. The third kappa shape index (κ3) is 4.47. The number of hydrogen-bond acceptors (Lipinski definition) is 3. The highest BCUT2D eigenvalue weighted by Gasteiger charge is 2.49. The van der Waals surface area contributed by atoms with Crippen molar-refractivity contribution in [2.45, 2.75) is 89.9 Å². The minimum Gasteiger partial charge on any atom is -0.298 e. The molecule has 2 saturated heterocycles. The van der Waals surface area contributed by atoms with Gasteiger partial charge in [0.25, 0.3) is 5.92 Å². The van der Waals surface area contributed by atoms with Crippen LogP contribution in [0.25, 0.3) is 0 Å². The molecule has 0 aromatic carbocycles. The van der Waals surface area contributed by atoms with Crippen molar-refractivity contribution in [2.24, 2.45) is 0 Å². The van der Waals surface area contributed by atoms with Crippen LogP contribution in [0.2, 0.25) is 0 Å². The molecule has 2 rings (SSSR count). The predicted octanol–water partition coefficient (Wildman–Crippen LogP) is 3.69. The van der Waals surface area contributed by atoms with Gasteiger partial charge < -0.3 is 0 Å². The Hall–Kier alpha value is -0.260. The van der Waals surface area contributed by atoms with E-state index in [1.165, 1.54) is 0 Å². The molecule has 0 radical (unpaired) electrons. The van der Waals surface area contributed by atoms with Crippen molar-refractivity contribution in [3.8, 4) is 0 Å². The summed E-state index contributed by atoms with van der Waals surface area (Å²) in [6.45, 7) is 15.4. The Bertz CT molecular complexity index is 417. The maximum atomic E-state index is 14.8. The van der Waals surface area contributed by atoms with E-state index in [-0.39, 0.29) is 23.7 Å². The number of halogens is 2. The van der Waals surface area contributed by atoms with Crippen LogP contribution in [0.1, 0.15) is 60.8 Å². The lowest BCUT2D eigenvalue weighted by Crippen LogP contribution is -2.63. The summed E-state index contributed by atoms with van der Waals surface area (Å²) in [6.07, 6.45) is 2.53. The molecule has 1 unspecified atom stereocenters. The van der Waals surface area contributed by atoms with Crippen LogP contribution in [0.15, 0.2) is 0 Å². The van der Waals surface area contributed by atoms with Gasteiger partial charge in [0.2, 0.25) is 0 Å². The third-order valence-electron chi connectivity index (χ3n) is 5.99. The average Bonchev–Trinajstić information content (AvgIpc) is 2.44. The Balaban J connectivity index is 1.97. The van der Waals surface area contributed by atoms with Gasteiger partial charge in [-0.1, -0.05) is 0 Å². The van der Waals surface area contributed by atoms with Gasteiger partial charge in [-0.2, -0.15) is 0 Å². The topological polar surface area (TPSA) is 9.72 Å². The zero-order valence-electron chi connectivity index (χ0n) is 16.7. The van der Waals surface area contributed by atoms with E-state index >= 15 is 0 Å². The second-order valence-electron chi connectivity index (χ2n) is 9.71. The minimum absolute atomic E-state index is 0.119. The van der Waals surface area contributed by atoms with Crippen molar-refractivity contribution < 1.29 is 8.78 Å². The van der Waals surface area contributed by atoms with Gasteiger partial charge in [0.05, 0.1) is 12.6 Å². The number of nitrogens with zero attached hydrogens (tertiary/aromatic N) is 3. The summed E-state index contributed by atoms with van der Waals surface area (Å²) in [6, 6.07) is -0.344. The van der Waals surface area contributed by atoms with E-state index in [2.05, 4.69) is 25.7 Å². The van der Waals surface area contributed by atoms with Crippen LogP contribution in [0, 0.1) is 0 Å². The smallest absolute Gasteiger partial charge is 0.275 e. The second kappa shape index (κ2) is 6.81. The van der Waals surface area contributed by atoms with Crippen molar-refractivity contribution in [1.82, 2.24) is 14.7 Å². The van der Waals surface area contributed by atoms with Crippen molar-refractivity contribution >= 4 is 0 Å². The van der Waals surface area contributed by atoms with Gasteiger partial charge in [0, 0.05) is 36.8 Å². The van der Waals surface area contributed by atoms with Gasteiger partial charge in [-0.15, -0.1) is 0 Å². The molecule has 1 atom stereocenters. The van der Waals surface area contributed by atoms with Crippen LogP contribution in [0.4, 0.5) is 8.78 Å². The molecule has 2 heterocycles. The molecule has 0 saturated carbocycles. The summed E-state index contributed by atoms with van der Waals surface area (Å²) in [4.78, 5) is 6.40. The Kier molecular flexibility index (Phi) is 5.69. The van der Waals surface area contributed by atoms with Crippen LogP contribution in [0.3, 0.4) is 0 Å². The quantitative estimate of drug-likeness (QED) is 0.756. The lowest BCUT2D eigenvalue weighted by atomic mass is 9.91. The van der Waals surface area contributed by atoms with Crippen molar-refractivity contribution in [2.75, 3.05) is 33.2 Å². The van der Waals surface area contributed by atoms with Crippen molar-refractivity contribution in [1.29, 1.82) is 0 Å². The first kappa shape index (κ1) is 20.1. The van der Waals surface area contributed by atoms with E-state index in [4.69, 9.17) is 0 Å². The zero-order valence-corrected chi connectivity index (χ0v) is 16.7. The summed E-state index contributed by atoms with van der Waals surface area (Å²) in [5.74, 6) is -2.64. The monoisotopic (exact) mass is 345 g/mol. The van der Waals surface area contributed by atoms with Crippen molar-refractivity contribution in [3.63, 3.8) is 0 Å². The molecule has 3 nitrogen and oxygen atoms in total. The molecular weight excluding hydrogens is 308 g/mol. The molecule has 0 aliphatic carbocycles. The molecule has 2 fully saturated rings. The van der Waals surface area contributed by atoms with Crippen LogP contribution in [-0.2, 0) is 0 Å². The van der Waals surface area contributed by atoms with Crippen LogP contribution >= 0.6 is 0 Å². The molecule has 0 bridgehead atoms. The molecule has 5 heteroatoms. The largest absolute Gasteiger partial charge is 0.298 e. The third-order valence-corrected chi connectivity index (χ3v) is 5.99. The summed E-state index contributed by atoms with van der Waals surface area (Å²) < 4.78 is 29.7. The van der Waals surface area contributed by atoms with E-state index < -0.39 is 12.0 Å². The van der Waals surface area contributed by atoms with Gasteiger partial charge in [-0.25, -0.2) is 8.78 Å². The number of alkyl halides is 2. The predicted molar refractivity (Wildman–Crippen MR) is 96.8 cm³/mol. The lowest BCUT2D eigenvalue weighted by Gasteiger charge is -2.50. The number of likely N-dealkylation sites (tertiary alicyclic amines) is 2. The van der Waals surface area contributed by atoms with Gasteiger partial charge in [0.15, 0.2) is 0 Å². The first-order valence-electron chi connectivity index (χ1n) is 9.42. The molecule has 24 heavy (non-hydrogen) atoms. The molecule has 2 aliphatic heterocycles. The van der Waals surface area contributed by atoms with E-state index in [9.17, 15) is 8.78 Å². The number of hydrogen-bond donors (Lipinski definition) is 0. The molecular formula is C19H37F2N3. The first-order valence-corrected chi connectivity index (χ1v) is 9.42. The SMILES string of the molecule is CN(C1CCN(C(C)(C)C)CC1)C1CCN(C(C)(C)C)CC1(F)F. The van der Waals surface area contributed by atoms with Gasteiger partial charge in [-0.05, 0) is 67.9 Å². The second-order valence-corrected chi connectivity index (χ2v) is 9.71. The number of piperidine rings is 2. The van der Waals surface area contributed by atoms with E-state index in [0.29, 0.717) is 6.42 Å². The highest BCUT2D eigenvalue weighted by Crippen LogP contribution is 2.36. The molecule has 0 aromatic heterocycles. The Morgan fingerprint density at radius 1 is 0.833 bits per heavy atom. The summed E-state index contributed by atoms with van der Waals surface area (Å²) in [5, 5.41) is 0. The van der Waals surface area contributed by atoms with E-state index in [1.54, 1.807) is 0 Å². The Labute approximate surface area is 147 Å². The highest BCUT2D eigenvalue weighted by molar-refractivity contribution is 4.98. The highest BCUT2D eigenvalue weighted by atomic mass is 19.3. The first-order chi connectivity index (χ1) is 10.8. The minimum atomic E-state index is -2.64. The molecule has 2 aliphatic rings. The fourth-order valence-corrected chi connectivity index (χ4v) is 4.20. The fourth-order valence-electron chi connectivity index (χ4n) is 4.20. The molecule has 0 spiro atoms. The lowest BCUT2D eigenvalue weighted by molar-refractivity contribution is -0.147. The molecule has 142 valence electrons. The summed E-state index contributed by atoms with van der Waals surface area (Å²) >= 11 is 0. The zero-order chi connectivity index (χ0) is 18.3.